The summed E-state index contributed by atoms with van der Waals surface area (Å²) in [5.41, 5.74) is -0.154. The molecule has 0 saturated carbocycles. The van der Waals surface area contributed by atoms with Crippen LogP contribution in [0.5, 0.6) is 0 Å². The molecule has 9 nitrogen and oxygen atoms in total. The van der Waals surface area contributed by atoms with E-state index in [1.165, 1.54) is 6.07 Å². The second kappa shape index (κ2) is 6.44. The van der Waals surface area contributed by atoms with E-state index in [9.17, 15) is 10.1 Å². The number of aromatic amines is 1. The number of rotatable bonds is 6. The quantitative estimate of drug-likeness (QED) is 0.524. The number of nitrogens with zero attached hydrogens (tertiary/aromatic N) is 4. The fourth-order valence-corrected chi connectivity index (χ4v) is 2.11. The summed E-state index contributed by atoms with van der Waals surface area (Å²) in [6.45, 7) is 0.483. The Labute approximate surface area is 134 Å². The molecule has 118 valence electrons. The zero-order chi connectivity index (χ0) is 16.2. The highest BCUT2D eigenvalue weighted by molar-refractivity contribution is 6.33. The lowest BCUT2D eigenvalue weighted by molar-refractivity contribution is -0.385. The summed E-state index contributed by atoms with van der Waals surface area (Å²) in [4.78, 5) is 18.3. The highest BCUT2D eigenvalue weighted by Crippen LogP contribution is 2.23. The average Bonchev–Trinajstić information content (AvgIpc) is 3.19. The molecule has 0 bridgehead atoms. The first kappa shape index (κ1) is 15.0. The largest absolute Gasteiger partial charge is 0.461 e. The van der Waals surface area contributed by atoms with Gasteiger partial charge in [0.05, 0.1) is 16.2 Å². The van der Waals surface area contributed by atoms with Gasteiger partial charge in [-0.05, 0) is 12.1 Å². The summed E-state index contributed by atoms with van der Waals surface area (Å²) in [5.74, 6) is 2.11. The Morgan fingerprint density at radius 1 is 1.48 bits per heavy atom. The molecule has 0 aliphatic carbocycles. The first-order chi connectivity index (χ1) is 11.1. The minimum absolute atomic E-state index is 0.154. The molecule has 0 amide bonds. The Bertz CT molecular complexity index is 817. The smallest absolute Gasteiger partial charge is 0.289 e. The van der Waals surface area contributed by atoms with Crippen LogP contribution < -0.4 is 5.32 Å². The second-order valence-corrected chi connectivity index (χ2v) is 4.95. The molecule has 3 rings (SSSR count). The van der Waals surface area contributed by atoms with Crippen molar-refractivity contribution in [2.75, 3.05) is 11.9 Å². The van der Waals surface area contributed by atoms with E-state index < -0.39 is 4.92 Å². The fraction of sp³-hybridized carbons (Fsp3) is 0.154. The van der Waals surface area contributed by atoms with Gasteiger partial charge in [-0.2, -0.15) is 5.10 Å². The fourth-order valence-electron chi connectivity index (χ4n) is 1.88. The van der Waals surface area contributed by atoms with Crippen LogP contribution in [0.3, 0.4) is 0 Å². The number of anilines is 1. The molecule has 0 atom stereocenters. The highest BCUT2D eigenvalue weighted by atomic mass is 35.5. The Morgan fingerprint density at radius 2 is 2.35 bits per heavy atom. The van der Waals surface area contributed by atoms with Crippen LogP contribution in [0, 0.1) is 10.1 Å². The van der Waals surface area contributed by atoms with Gasteiger partial charge in [-0.25, -0.2) is 9.97 Å². The standard InChI is InChI=1S/C13H11ClN6O3/c14-9-6-8(20(21)22)7-16-12(9)15-4-3-11-17-13(19-18-11)10-2-1-5-23-10/h1-2,5-7H,3-4H2,(H,15,16)(H,17,18,19). The predicted molar refractivity (Wildman–Crippen MR) is 82.2 cm³/mol. The lowest BCUT2D eigenvalue weighted by Gasteiger charge is -2.05. The first-order valence-electron chi connectivity index (χ1n) is 6.62. The van der Waals surface area contributed by atoms with E-state index in [0.29, 0.717) is 36.2 Å². The number of furan rings is 1. The van der Waals surface area contributed by atoms with Crippen LogP contribution in [0.15, 0.2) is 35.1 Å². The minimum atomic E-state index is -0.548. The van der Waals surface area contributed by atoms with E-state index in [1.54, 1.807) is 18.4 Å². The highest BCUT2D eigenvalue weighted by Gasteiger charge is 2.11. The molecule has 2 N–H and O–H groups in total. The SMILES string of the molecule is O=[N+]([O-])c1cnc(NCCc2nc(-c3ccco3)n[nH]2)c(Cl)c1. The maximum Gasteiger partial charge on any atom is 0.289 e. The Balaban J connectivity index is 1.58. The van der Waals surface area contributed by atoms with Crippen molar-refractivity contribution in [3.05, 3.63) is 51.6 Å². The van der Waals surface area contributed by atoms with E-state index in [4.69, 9.17) is 16.0 Å². The Kier molecular flexibility index (Phi) is 4.20. The van der Waals surface area contributed by atoms with Crippen LogP contribution in [0.2, 0.25) is 5.02 Å². The topological polar surface area (TPSA) is 123 Å². The number of halogens is 1. The first-order valence-corrected chi connectivity index (χ1v) is 7.00. The summed E-state index contributed by atoms with van der Waals surface area (Å²) in [6.07, 6.45) is 3.25. The molecular formula is C13H11ClN6O3. The number of nitrogens with one attached hydrogen (secondary N) is 2. The monoisotopic (exact) mass is 334 g/mol. The molecular weight excluding hydrogens is 324 g/mol. The van der Waals surface area contributed by atoms with Gasteiger partial charge in [-0.15, -0.1) is 0 Å². The molecule has 3 heterocycles. The lowest BCUT2D eigenvalue weighted by Crippen LogP contribution is -2.08. The molecule has 0 radical (unpaired) electrons. The summed E-state index contributed by atoms with van der Waals surface area (Å²) < 4.78 is 5.21. The van der Waals surface area contributed by atoms with Gasteiger partial charge in [0.1, 0.15) is 17.8 Å². The number of aromatic nitrogens is 4. The van der Waals surface area contributed by atoms with E-state index in [2.05, 4.69) is 25.5 Å². The van der Waals surface area contributed by atoms with Crippen molar-refractivity contribution in [3.63, 3.8) is 0 Å². The summed E-state index contributed by atoms with van der Waals surface area (Å²) in [5, 5.41) is 20.7. The zero-order valence-electron chi connectivity index (χ0n) is 11.7. The molecule has 3 aromatic heterocycles. The van der Waals surface area contributed by atoms with Crippen molar-refractivity contribution in [2.45, 2.75) is 6.42 Å². The van der Waals surface area contributed by atoms with Crippen molar-refractivity contribution in [2.24, 2.45) is 0 Å². The molecule has 0 unspecified atom stereocenters. The van der Waals surface area contributed by atoms with Crippen molar-refractivity contribution < 1.29 is 9.34 Å². The van der Waals surface area contributed by atoms with E-state index in [0.717, 1.165) is 6.20 Å². The molecule has 0 aromatic carbocycles. The van der Waals surface area contributed by atoms with Gasteiger partial charge in [-0.3, -0.25) is 15.2 Å². The maximum absolute atomic E-state index is 10.6. The van der Waals surface area contributed by atoms with Gasteiger partial charge in [0.25, 0.3) is 5.69 Å². The van der Waals surface area contributed by atoms with E-state index in [-0.39, 0.29) is 10.7 Å². The number of nitro groups is 1. The maximum atomic E-state index is 10.6. The third kappa shape index (κ3) is 3.46. The molecule has 0 spiro atoms. The van der Waals surface area contributed by atoms with Crippen LogP contribution >= 0.6 is 11.6 Å². The van der Waals surface area contributed by atoms with Crippen molar-refractivity contribution in [1.82, 2.24) is 20.2 Å². The average molecular weight is 335 g/mol. The minimum Gasteiger partial charge on any atom is -0.461 e. The van der Waals surface area contributed by atoms with Gasteiger partial charge < -0.3 is 9.73 Å². The number of hydrogen-bond donors (Lipinski definition) is 2. The van der Waals surface area contributed by atoms with Crippen molar-refractivity contribution in [1.29, 1.82) is 0 Å². The van der Waals surface area contributed by atoms with Crippen molar-refractivity contribution in [3.8, 4) is 11.6 Å². The van der Waals surface area contributed by atoms with E-state index >= 15 is 0 Å². The third-order valence-electron chi connectivity index (χ3n) is 2.97. The summed E-state index contributed by atoms with van der Waals surface area (Å²) in [7, 11) is 0. The summed E-state index contributed by atoms with van der Waals surface area (Å²) >= 11 is 5.95. The molecule has 0 aliphatic rings. The third-order valence-corrected chi connectivity index (χ3v) is 3.25. The van der Waals surface area contributed by atoms with Crippen LogP contribution in [0.25, 0.3) is 11.6 Å². The zero-order valence-corrected chi connectivity index (χ0v) is 12.4. The normalized spacial score (nSPS) is 10.7. The van der Waals surface area contributed by atoms with Gasteiger partial charge in [0.2, 0.25) is 5.82 Å². The molecule has 0 aliphatic heterocycles. The van der Waals surface area contributed by atoms with E-state index in [1.807, 2.05) is 0 Å². The number of hydrogen-bond acceptors (Lipinski definition) is 7. The molecule has 10 heteroatoms. The van der Waals surface area contributed by atoms with Crippen LogP contribution in [-0.4, -0.2) is 31.6 Å². The lowest BCUT2D eigenvalue weighted by atomic mass is 10.3. The molecule has 0 saturated heterocycles. The van der Waals surface area contributed by atoms with Gasteiger partial charge in [0, 0.05) is 19.0 Å². The Morgan fingerprint density at radius 3 is 3.04 bits per heavy atom. The van der Waals surface area contributed by atoms with Gasteiger partial charge in [0.15, 0.2) is 5.76 Å². The molecule has 3 aromatic rings. The number of pyridine rings is 1. The summed E-state index contributed by atoms with van der Waals surface area (Å²) in [6, 6.07) is 4.78. The van der Waals surface area contributed by atoms with Crippen molar-refractivity contribution >= 4 is 23.1 Å². The predicted octanol–water partition coefficient (Wildman–Crippen LogP) is 2.68. The molecule has 23 heavy (non-hydrogen) atoms. The van der Waals surface area contributed by atoms with Gasteiger partial charge in [-0.1, -0.05) is 11.6 Å². The molecule has 0 fully saturated rings. The second-order valence-electron chi connectivity index (χ2n) is 4.54. The van der Waals surface area contributed by atoms with Gasteiger partial charge >= 0.3 is 0 Å². The van der Waals surface area contributed by atoms with Crippen LogP contribution in [0.1, 0.15) is 5.82 Å². The number of H-pyrrole nitrogens is 1. The Hall–Kier alpha value is -2.94. The van der Waals surface area contributed by atoms with Crippen LogP contribution in [-0.2, 0) is 6.42 Å². The van der Waals surface area contributed by atoms with Crippen LogP contribution in [0.4, 0.5) is 11.5 Å².